The number of benzene rings is 1. The van der Waals surface area contributed by atoms with E-state index in [9.17, 15) is 13.6 Å². The van der Waals surface area contributed by atoms with Gasteiger partial charge in [0.05, 0.1) is 12.1 Å². The van der Waals surface area contributed by atoms with E-state index in [1.165, 1.54) is 23.5 Å². The summed E-state index contributed by atoms with van der Waals surface area (Å²) in [6.45, 7) is 0.388. The molecule has 0 radical (unpaired) electrons. The van der Waals surface area contributed by atoms with E-state index in [-0.39, 0.29) is 18.0 Å². The second kappa shape index (κ2) is 7.25. The van der Waals surface area contributed by atoms with Gasteiger partial charge in [0.1, 0.15) is 11.6 Å². The molecule has 0 saturated heterocycles. The summed E-state index contributed by atoms with van der Waals surface area (Å²) < 4.78 is 27.0. The highest BCUT2D eigenvalue weighted by molar-refractivity contribution is 7.14. The minimum atomic E-state index is -0.848. The van der Waals surface area contributed by atoms with Crippen LogP contribution in [0.1, 0.15) is 32.1 Å². The summed E-state index contributed by atoms with van der Waals surface area (Å²) in [6.07, 6.45) is 4.31. The molecule has 4 nitrogen and oxygen atoms in total. The lowest BCUT2D eigenvalue weighted by atomic mass is 10.1. The second-order valence-corrected chi connectivity index (χ2v) is 6.75. The normalized spacial score (nSPS) is 14.9. The van der Waals surface area contributed by atoms with Crippen molar-refractivity contribution in [2.45, 2.75) is 38.1 Å². The van der Waals surface area contributed by atoms with Gasteiger partial charge in [-0.3, -0.25) is 4.79 Å². The maximum atomic E-state index is 13.9. The lowest BCUT2D eigenvalue weighted by molar-refractivity contribution is -0.136. The molecule has 1 saturated carbocycles. The molecule has 24 heavy (non-hydrogen) atoms. The van der Waals surface area contributed by atoms with Gasteiger partial charge in [0.25, 0.3) is 0 Å². The van der Waals surface area contributed by atoms with Crippen molar-refractivity contribution >= 4 is 22.4 Å². The van der Waals surface area contributed by atoms with Gasteiger partial charge in [-0.05, 0) is 25.0 Å². The van der Waals surface area contributed by atoms with Crippen LogP contribution in [0.25, 0.3) is 11.3 Å². The molecule has 1 aliphatic rings. The number of nitrogens with zero attached hydrogens (tertiary/aromatic N) is 2. The van der Waals surface area contributed by atoms with E-state index in [2.05, 4.69) is 4.98 Å². The number of hydrogen-bond acceptors (Lipinski definition) is 4. The molecule has 1 aromatic carbocycles. The largest absolute Gasteiger partial charge is 0.481 e. The zero-order valence-corrected chi connectivity index (χ0v) is 13.9. The molecule has 0 unspecified atom stereocenters. The lowest BCUT2D eigenvalue weighted by Crippen LogP contribution is -2.35. The molecule has 3 rings (SSSR count). The molecule has 1 heterocycles. The molecule has 1 fully saturated rings. The van der Waals surface area contributed by atoms with Crippen LogP contribution in [0.2, 0.25) is 0 Å². The molecule has 128 valence electrons. The number of carbonyl (C=O) groups is 1. The zero-order valence-electron chi connectivity index (χ0n) is 13.0. The van der Waals surface area contributed by atoms with Crippen molar-refractivity contribution in [2.24, 2.45) is 0 Å². The molecule has 0 atom stereocenters. The Morgan fingerprint density at radius 2 is 2.08 bits per heavy atom. The van der Waals surface area contributed by atoms with Gasteiger partial charge in [-0.2, -0.15) is 0 Å². The van der Waals surface area contributed by atoms with E-state index in [4.69, 9.17) is 5.11 Å². The zero-order chi connectivity index (χ0) is 17.1. The maximum Gasteiger partial charge on any atom is 0.305 e. The summed E-state index contributed by atoms with van der Waals surface area (Å²) in [6, 6.07) is 3.70. The van der Waals surface area contributed by atoms with E-state index < -0.39 is 17.6 Å². The number of anilines is 1. The Morgan fingerprint density at radius 1 is 1.33 bits per heavy atom. The summed E-state index contributed by atoms with van der Waals surface area (Å²) in [5, 5.41) is 11.4. The standard InChI is InChI=1S/C17H18F2N2O2S/c18-11-5-6-13(14(19)9-11)15-10-24-17(20-15)21(8-7-16(22)23)12-3-1-2-4-12/h5-6,9-10,12H,1-4,7-8H2,(H,22,23). The predicted octanol–water partition coefficient (Wildman–Crippen LogP) is 4.31. The number of aliphatic carboxylic acids is 1. The Morgan fingerprint density at radius 3 is 2.75 bits per heavy atom. The average Bonchev–Trinajstić information content (AvgIpc) is 3.19. The summed E-state index contributed by atoms with van der Waals surface area (Å²) in [5.41, 5.74) is 0.703. The molecular formula is C17H18F2N2O2S. The van der Waals surface area contributed by atoms with E-state index in [0.29, 0.717) is 17.4 Å². The number of thiazole rings is 1. The second-order valence-electron chi connectivity index (χ2n) is 5.91. The molecule has 1 N–H and O–H groups in total. The highest BCUT2D eigenvalue weighted by Gasteiger charge is 2.25. The molecule has 7 heteroatoms. The molecule has 0 aliphatic heterocycles. The van der Waals surface area contributed by atoms with Crippen LogP contribution in [0.4, 0.5) is 13.9 Å². The highest BCUT2D eigenvalue weighted by Crippen LogP contribution is 2.34. The fraction of sp³-hybridized carbons (Fsp3) is 0.412. The SMILES string of the molecule is O=C(O)CCN(c1nc(-c2ccc(F)cc2F)cs1)C1CCCC1. The fourth-order valence-corrected chi connectivity index (χ4v) is 4.01. The third kappa shape index (κ3) is 3.72. The number of carboxylic acid groups (broad SMARTS) is 1. The minimum absolute atomic E-state index is 0.0380. The molecule has 2 aromatic rings. The summed E-state index contributed by atoms with van der Waals surface area (Å²) in [7, 11) is 0. The number of aromatic nitrogens is 1. The fourth-order valence-electron chi connectivity index (χ4n) is 3.08. The molecule has 0 amide bonds. The first kappa shape index (κ1) is 16.8. The van der Waals surface area contributed by atoms with Crippen LogP contribution in [0, 0.1) is 11.6 Å². The first-order chi connectivity index (χ1) is 11.5. The Balaban J connectivity index is 1.86. The third-order valence-electron chi connectivity index (χ3n) is 4.28. The maximum absolute atomic E-state index is 13.9. The third-order valence-corrected chi connectivity index (χ3v) is 5.15. The number of halogens is 2. The van der Waals surface area contributed by atoms with Crippen LogP contribution in [-0.2, 0) is 4.79 Å². The molecule has 1 aliphatic carbocycles. The topological polar surface area (TPSA) is 53.4 Å². The van der Waals surface area contributed by atoms with Crippen molar-refractivity contribution in [3.63, 3.8) is 0 Å². The van der Waals surface area contributed by atoms with Crippen molar-refractivity contribution < 1.29 is 18.7 Å². The quantitative estimate of drug-likeness (QED) is 0.842. The van der Waals surface area contributed by atoms with Crippen molar-refractivity contribution in [1.29, 1.82) is 0 Å². The molecule has 0 spiro atoms. The Bertz CT molecular complexity index is 729. The van der Waals surface area contributed by atoms with Crippen LogP contribution in [-0.4, -0.2) is 28.6 Å². The van der Waals surface area contributed by atoms with E-state index in [1.807, 2.05) is 4.90 Å². The summed E-state index contributed by atoms with van der Waals surface area (Å²) >= 11 is 1.37. The van der Waals surface area contributed by atoms with Crippen molar-refractivity contribution in [1.82, 2.24) is 4.98 Å². The number of rotatable bonds is 6. The molecular weight excluding hydrogens is 334 g/mol. The van der Waals surface area contributed by atoms with Gasteiger partial charge in [-0.15, -0.1) is 11.3 Å². The first-order valence-corrected chi connectivity index (χ1v) is 8.82. The van der Waals surface area contributed by atoms with Gasteiger partial charge in [0, 0.05) is 29.6 Å². The van der Waals surface area contributed by atoms with Crippen LogP contribution < -0.4 is 4.90 Å². The highest BCUT2D eigenvalue weighted by atomic mass is 32.1. The van der Waals surface area contributed by atoms with Crippen LogP contribution in [0.5, 0.6) is 0 Å². The van der Waals surface area contributed by atoms with Gasteiger partial charge in [-0.25, -0.2) is 13.8 Å². The monoisotopic (exact) mass is 352 g/mol. The minimum Gasteiger partial charge on any atom is -0.481 e. The smallest absolute Gasteiger partial charge is 0.305 e. The van der Waals surface area contributed by atoms with Gasteiger partial charge in [0.15, 0.2) is 5.13 Å². The predicted molar refractivity (Wildman–Crippen MR) is 89.3 cm³/mol. The average molecular weight is 352 g/mol. The van der Waals surface area contributed by atoms with Gasteiger partial charge in [0.2, 0.25) is 0 Å². The van der Waals surface area contributed by atoms with Crippen molar-refractivity contribution in [2.75, 3.05) is 11.4 Å². The summed E-state index contributed by atoms with van der Waals surface area (Å²) in [4.78, 5) is 17.4. The van der Waals surface area contributed by atoms with Crippen LogP contribution in [0.3, 0.4) is 0 Å². The van der Waals surface area contributed by atoms with Gasteiger partial charge >= 0.3 is 5.97 Å². The van der Waals surface area contributed by atoms with E-state index in [0.717, 1.165) is 31.7 Å². The van der Waals surface area contributed by atoms with Crippen LogP contribution in [0.15, 0.2) is 23.6 Å². The Kier molecular flexibility index (Phi) is 5.08. The van der Waals surface area contributed by atoms with Gasteiger partial charge in [-0.1, -0.05) is 12.8 Å². The van der Waals surface area contributed by atoms with E-state index in [1.54, 1.807) is 5.38 Å². The van der Waals surface area contributed by atoms with Gasteiger partial charge < -0.3 is 10.0 Å². The van der Waals surface area contributed by atoms with Crippen molar-refractivity contribution in [3.05, 3.63) is 35.2 Å². The van der Waals surface area contributed by atoms with Crippen molar-refractivity contribution in [3.8, 4) is 11.3 Å². The molecule has 0 bridgehead atoms. The summed E-state index contributed by atoms with van der Waals surface area (Å²) in [5.74, 6) is -2.12. The number of carboxylic acids is 1. The Labute approximate surface area is 142 Å². The lowest BCUT2D eigenvalue weighted by Gasteiger charge is -2.28. The van der Waals surface area contributed by atoms with Crippen LogP contribution >= 0.6 is 11.3 Å². The number of hydrogen-bond donors (Lipinski definition) is 1. The van der Waals surface area contributed by atoms with E-state index >= 15 is 0 Å². The Hall–Kier alpha value is -2.02. The first-order valence-electron chi connectivity index (χ1n) is 7.94. The molecule has 1 aromatic heterocycles.